The monoisotopic (exact) mass is 487 g/mol. The van der Waals surface area contributed by atoms with E-state index in [2.05, 4.69) is 32.6 Å². The predicted molar refractivity (Wildman–Crippen MR) is 134 cm³/mol. The second-order valence-corrected chi connectivity index (χ2v) is 9.04. The van der Waals surface area contributed by atoms with Crippen LogP contribution >= 0.6 is 11.8 Å². The van der Waals surface area contributed by atoms with Crippen LogP contribution in [0.1, 0.15) is 24.1 Å². The van der Waals surface area contributed by atoms with Crippen LogP contribution in [-0.2, 0) is 11.3 Å². The number of amides is 1. The van der Waals surface area contributed by atoms with Crippen LogP contribution in [0.15, 0.2) is 78.2 Å². The molecule has 35 heavy (non-hydrogen) atoms. The fourth-order valence-electron chi connectivity index (χ4n) is 3.84. The highest BCUT2D eigenvalue weighted by Gasteiger charge is 2.18. The average molecular weight is 488 g/mol. The van der Waals surface area contributed by atoms with Crippen molar-refractivity contribution in [2.75, 3.05) is 19.0 Å². The molecule has 8 nitrogen and oxygen atoms in total. The minimum atomic E-state index is -0.173. The molecule has 0 radical (unpaired) electrons. The number of carbonyl (C=O) groups is 1. The lowest BCUT2D eigenvalue weighted by Gasteiger charge is -2.21. The Morgan fingerprint density at radius 2 is 1.80 bits per heavy atom. The van der Waals surface area contributed by atoms with Crippen LogP contribution in [0.5, 0.6) is 11.5 Å². The number of ether oxygens (including phenoxy) is 2. The lowest BCUT2D eigenvalue weighted by molar-refractivity contribution is -0.119. The Hall–Kier alpha value is -3.85. The lowest BCUT2D eigenvalue weighted by atomic mass is 10.1. The number of rotatable bonds is 8. The zero-order valence-electron chi connectivity index (χ0n) is 19.3. The third kappa shape index (κ3) is 5.46. The molecule has 0 bridgehead atoms. The number of carbonyl (C=O) groups excluding carboxylic acids is 1. The van der Waals surface area contributed by atoms with Crippen LogP contribution in [-0.4, -0.2) is 44.6 Å². The molecule has 1 atom stereocenters. The first-order valence-electron chi connectivity index (χ1n) is 11.4. The zero-order chi connectivity index (χ0) is 24.0. The van der Waals surface area contributed by atoms with Gasteiger partial charge in [-0.25, -0.2) is 0 Å². The molecule has 1 aliphatic rings. The van der Waals surface area contributed by atoms with Crippen molar-refractivity contribution in [1.82, 2.24) is 25.1 Å². The van der Waals surface area contributed by atoms with Crippen LogP contribution in [0.3, 0.4) is 0 Å². The van der Waals surface area contributed by atoms with Gasteiger partial charge in [0.2, 0.25) is 5.91 Å². The Balaban J connectivity index is 1.28. The van der Waals surface area contributed by atoms with Gasteiger partial charge < -0.3 is 14.8 Å². The summed E-state index contributed by atoms with van der Waals surface area (Å²) in [6.45, 7) is 3.63. The summed E-state index contributed by atoms with van der Waals surface area (Å²) in [6.07, 6.45) is 3.47. The highest BCUT2D eigenvalue weighted by Crippen LogP contribution is 2.32. The van der Waals surface area contributed by atoms with Crippen LogP contribution in [0, 0.1) is 0 Å². The third-order valence-electron chi connectivity index (χ3n) is 5.61. The van der Waals surface area contributed by atoms with Crippen molar-refractivity contribution >= 4 is 17.7 Å². The summed E-state index contributed by atoms with van der Waals surface area (Å²) >= 11 is 1.37. The van der Waals surface area contributed by atoms with Gasteiger partial charge in [-0.15, -0.1) is 10.2 Å². The van der Waals surface area contributed by atoms with Crippen molar-refractivity contribution < 1.29 is 14.3 Å². The molecule has 3 heterocycles. The Labute approximate surface area is 207 Å². The van der Waals surface area contributed by atoms with Gasteiger partial charge in [-0.2, -0.15) is 0 Å². The van der Waals surface area contributed by atoms with Crippen LogP contribution < -0.4 is 14.8 Å². The molecule has 0 spiro atoms. The third-order valence-corrected chi connectivity index (χ3v) is 6.58. The molecular weight excluding hydrogens is 462 g/mol. The SMILES string of the molecule is CC(NC(=O)CSc1nnc(-c2ccncc2)n1Cc1ccccc1)c1ccc2c(c1)OCCO2. The second kappa shape index (κ2) is 10.6. The molecule has 1 unspecified atom stereocenters. The van der Waals surface area contributed by atoms with E-state index in [1.54, 1.807) is 12.4 Å². The number of hydrogen-bond donors (Lipinski definition) is 1. The van der Waals surface area contributed by atoms with E-state index in [1.807, 2.05) is 60.0 Å². The fraction of sp³-hybridized carbons (Fsp3) is 0.231. The van der Waals surface area contributed by atoms with Crippen LogP contribution in [0.4, 0.5) is 0 Å². The molecule has 0 saturated heterocycles. The van der Waals surface area contributed by atoms with Crippen molar-refractivity contribution in [2.45, 2.75) is 24.7 Å². The molecule has 0 saturated carbocycles. The molecule has 0 aliphatic carbocycles. The van der Waals surface area contributed by atoms with E-state index in [4.69, 9.17) is 9.47 Å². The average Bonchev–Trinajstić information content (AvgIpc) is 3.30. The number of fused-ring (bicyclic) bond motifs is 1. The van der Waals surface area contributed by atoms with Gasteiger partial charge in [0.05, 0.1) is 18.3 Å². The Bertz CT molecular complexity index is 1300. The number of nitrogens with one attached hydrogen (secondary N) is 1. The van der Waals surface area contributed by atoms with Gasteiger partial charge in [0.15, 0.2) is 22.5 Å². The van der Waals surface area contributed by atoms with Crippen molar-refractivity contribution in [1.29, 1.82) is 0 Å². The van der Waals surface area contributed by atoms with E-state index < -0.39 is 0 Å². The molecule has 1 aliphatic heterocycles. The van der Waals surface area contributed by atoms with Gasteiger partial charge in [0.1, 0.15) is 13.2 Å². The maximum Gasteiger partial charge on any atom is 0.230 e. The van der Waals surface area contributed by atoms with Crippen molar-refractivity contribution in [2.24, 2.45) is 0 Å². The molecular formula is C26H25N5O3S. The van der Waals surface area contributed by atoms with Gasteiger partial charge in [-0.05, 0) is 42.3 Å². The molecule has 5 rings (SSSR count). The van der Waals surface area contributed by atoms with Crippen molar-refractivity contribution in [3.8, 4) is 22.9 Å². The molecule has 2 aromatic carbocycles. The smallest absolute Gasteiger partial charge is 0.230 e. The van der Waals surface area contributed by atoms with Crippen LogP contribution in [0.2, 0.25) is 0 Å². The van der Waals surface area contributed by atoms with E-state index in [0.29, 0.717) is 30.7 Å². The highest BCUT2D eigenvalue weighted by atomic mass is 32.2. The summed E-state index contributed by atoms with van der Waals surface area (Å²) in [5, 5.41) is 12.6. The molecule has 0 fully saturated rings. The molecule has 9 heteroatoms. The van der Waals surface area contributed by atoms with Gasteiger partial charge >= 0.3 is 0 Å². The molecule has 4 aromatic rings. The van der Waals surface area contributed by atoms with E-state index >= 15 is 0 Å². The van der Waals surface area contributed by atoms with E-state index in [0.717, 1.165) is 28.3 Å². The molecule has 1 amide bonds. The van der Waals surface area contributed by atoms with Crippen molar-refractivity contribution in [3.05, 3.63) is 84.2 Å². The maximum absolute atomic E-state index is 12.8. The van der Waals surface area contributed by atoms with E-state index in [1.165, 1.54) is 11.8 Å². The summed E-state index contributed by atoms with van der Waals surface area (Å²) in [4.78, 5) is 16.9. The number of hydrogen-bond acceptors (Lipinski definition) is 7. The summed E-state index contributed by atoms with van der Waals surface area (Å²) in [5.74, 6) is 2.32. The second-order valence-electron chi connectivity index (χ2n) is 8.09. The predicted octanol–water partition coefficient (Wildman–Crippen LogP) is 4.13. The first-order chi connectivity index (χ1) is 17.2. The largest absolute Gasteiger partial charge is 0.486 e. The number of thioether (sulfide) groups is 1. The topological polar surface area (TPSA) is 91.2 Å². The number of pyridine rings is 1. The standard InChI is InChI=1S/C26H25N5O3S/c1-18(21-7-8-22-23(15-21)34-14-13-33-22)28-24(32)17-35-26-30-29-25(20-9-11-27-12-10-20)31(26)16-19-5-3-2-4-6-19/h2-12,15,18H,13-14,16-17H2,1H3,(H,28,32). The summed E-state index contributed by atoms with van der Waals surface area (Å²) < 4.78 is 13.3. The molecule has 1 N–H and O–H groups in total. The first-order valence-corrected chi connectivity index (χ1v) is 12.3. The maximum atomic E-state index is 12.8. The number of nitrogens with zero attached hydrogens (tertiary/aromatic N) is 4. The minimum Gasteiger partial charge on any atom is -0.486 e. The summed E-state index contributed by atoms with van der Waals surface area (Å²) in [6, 6.07) is 19.5. The summed E-state index contributed by atoms with van der Waals surface area (Å²) in [5.41, 5.74) is 3.01. The van der Waals surface area contributed by atoms with Crippen molar-refractivity contribution in [3.63, 3.8) is 0 Å². The Morgan fingerprint density at radius 1 is 1.03 bits per heavy atom. The van der Waals surface area contributed by atoms with Gasteiger partial charge in [0, 0.05) is 18.0 Å². The van der Waals surface area contributed by atoms with Gasteiger partial charge in [0.25, 0.3) is 0 Å². The van der Waals surface area contributed by atoms with E-state index in [-0.39, 0.29) is 17.7 Å². The molecule has 2 aromatic heterocycles. The fourth-order valence-corrected chi connectivity index (χ4v) is 4.59. The highest BCUT2D eigenvalue weighted by molar-refractivity contribution is 7.99. The van der Waals surface area contributed by atoms with Gasteiger partial charge in [-0.3, -0.25) is 14.3 Å². The molecule has 178 valence electrons. The van der Waals surface area contributed by atoms with Gasteiger partial charge in [-0.1, -0.05) is 48.2 Å². The quantitative estimate of drug-likeness (QED) is 0.374. The van der Waals surface area contributed by atoms with E-state index in [9.17, 15) is 4.79 Å². The Morgan fingerprint density at radius 3 is 2.60 bits per heavy atom. The Kier molecular flexibility index (Phi) is 6.94. The lowest BCUT2D eigenvalue weighted by Crippen LogP contribution is -2.28. The van der Waals surface area contributed by atoms with Crippen LogP contribution in [0.25, 0.3) is 11.4 Å². The zero-order valence-corrected chi connectivity index (χ0v) is 20.1. The minimum absolute atomic E-state index is 0.0860. The normalized spacial score (nSPS) is 13.3. The first kappa shape index (κ1) is 22.9. The number of aromatic nitrogens is 4. The number of benzene rings is 2. The summed E-state index contributed by atoms with van der Waals surface area (Å²) in [7, 11) is 0.